The fourth-order valence-electron chi connectivity index (χ4n) is 9.37. The second kappa shape index (κ2) is 13.1. The summed E-state index contributed by atoms with van der Waals surface area (Å²) in [7, 11) is -3.42. The van der Waals surface area contributed by atoms with E-state index in [2.05, 4.69) is 107 Å². The molecule has 2 aliphatic rings. The quantitative estimate of drug-likeness (QED) is 0.165. The molecular formula is C52H32N3O2PS. The molecule has 59 heavy (non-hydrogen) atoms. The number of rotatable bonds is 4. The van der Waals surface area contributed by atoms with Crippen LogP contribution in [0, 0.1) is 0 Å². The van der Waals surface area contributed by atoms with Gasteiger partial charge in [-0.15, -0.1) is 0 Å². The Labute approximate surface area is 344 Å². The molecule has 0 bridgehead atoms. The van der Waals surface area contributed by atoms with Crippen molar-refractivity contribution in [2.45, 2.75) is 15.2 Å². The molecule has 6 heterocycles. The molecule has 4 aromatic heterocycles. The maximum absolute atomic E-state index is 16.5. The van der Waals surface area contributed by atoms with Gasteiger partial charge in [0, 0.05) is 48.9 Å². The molecule has 2 unspecified atom stereocenters. The molecule has 0 N–H and O–H groups in total. The summed E-state index contributed by atoms with van der Waals surface area (Å²) >= 11 is 1.79. The molecular weight excluding hydrogens is 762 g/mol. The van der Waals surface area contributed by atoms with Crippen molar-refractivity contribution in [3.63, 3.8) is 0 Å². The topological polar surface area (TPSA) is 68.9 Å². The summed E-state index contributed by atoms with van der Waals surface area (Å²) in [4.78, 5) is 16.7. The van der Waals surface area contributed by atoms with Crippen molar-refractivity contribution in [1.82, 2.24) is 15.0 Å². The van der Waals surface area contributed by atoms with Gasteiger partial charge in [0.25, 0.3) is 0 Å². The number of benzene rings is 6. The van der Waals surface area contributed by atoms with Gasteiger partial charge in [0.1, 0.15) is 11.2 Å². The fraction of sp³-hybridized carbons (Fsp3) is 0.0192. The van der Waals surface area contributed by atoms with Crippen LogP contribution in [0.15, 0.2) is 209 Å². The van der Waals surface area contributed by atoms with Gasteiger partial charge in [-0.1, -0.05) is 127 Å². The van der Waals surface area contributed by atoms with Gasteiger partial charge in [0.2, 0.25) is 0 Å². The van der Waals surface area contributed by atoms with Crippen LogP contribution in [-0.4, -0.2) is 15.0 Å². The van der Waals surface area contributed by atoms with Crippen LogP contribution >= 0.6 is 18.9 Å². The maximum atomic E-state index is 16.5. The van der Waals surface area contributed by atoms with Gasteiger partial charge in [0.15, 0.2) is 7.14 Å². The Hall–Kier alpha value is -6.85. The first-order valence-corrected chi connectivity index (χ1v) is 22.1. The summed E-state index contributed by atoms with van der Waals surface area (Å²) in [6.07, 6.45) is 3.60. The van der Waals surface area contributed by atoms with Crippen molar-refractivity contribution in [2.24, 2.45) is 0 Å². The van der Waals surface area contributed by atoms with E-state index in [1.807, 2.05) is 84.9 Å². The first-order chi connectivity index (χ1) is 29.1. The van der Waals surface area contributed by atoms with Gasteiger partial charge >= 0.3 is 0 Å². The van der Waals surface area contributed by atoms with Gasteiger partial charge in [-0.25, -0.2) is 4.98 Å². The normalized spacial score (nSPS) is 17.6. The van der Waals surface area contributed by atoms with Crippen molar-refractivity contribution in [2.75, 3.05) is 0 Å². The molecule has 1 spiro atoms. The number of aromatic nitrogens is 3. The highest BCUT2D eigenvalue weighted by Crippen LogP contribution is 2.62. The van der Waals surface area contributed by atoms with Crippen molar-refractivity contribution in [3.8, 4) is 33.9 Å². The first-order valence-electron chi connectivity index (χ1n) is 19.6. The number of nitrogens with zero attached hydrogens (tertiary/aromatic N) is 3. The number of fused-ring (bicyclic) bond motifs is 11. The van der Waals surface area contributed by atoms with Gasteiger partial charge < -0.3 is 8.98 Å². The van der Waals surface area contributed by atoms with Gasteiger partial charge in [-0.2, -0.15) is 0 Å². The molecule has 6 aromatic carbocycles. The van der Waals surface area contributed by atoms with Crippen LogP contribution in [-0.2, 0) is 9.98 Å². The van der Waals surface area contributed by atoms with E-state index in [-0.39, 0.29) is 0 Å². The van der Waals surface area contributed by atoms with Gasteiger partial charge in [0.05, 0.1) is 28.2 Å². The molecule has 7 heteroatoms. The van der Waals surface area contributed by atoms with Crippen LogP contribution < -0.4 is 15.9 Å². The van der Waals surface area contributed by atoms with E-state index in [0.717, 1.165) is 98.2 Å². The van der Waals surface area contributed by atoms with Crippen LogP contribution in [0.1, 0.15) is 22.3 Å². The third-order valence-electron chi connectivity index (χ3n) is 11.9. The summed E-state index contributed by atoms with van der Waals surface area (Å²) in [5.41, 5.74) is 10.3. The van der Waals surface area contributed by atoms with Crippen LogP contribution in [0.25, 0.3) is 55.8 Å². The van der Waals surface area contributed by atoms with Crippen LogP contribution in [0.2, 0.25) is 0 Å². The lowest BCUT2D eigenvalue weighted by Gasteiger charge is -2.47. The highest BCUT2D eigenvalue weighted by molar-refractivity contribution is 7.99. The lowest BCUT2D eigenvalue weighted by atomic mass is 9.64. The average Bonchev–Trinajstić information content (AvgIpc) is 3.68. The molecule has 12 rings (SSSR count). The highest BCUT2D eigenvalue weighted by Gasteiger charge is 2.54. The number of hydrogen-bond donors (Lipinski definition) is 0. The van der Waals surface area contributed by atoms with Gasteiger partial charge in [-0.3, -0.25) is 9.97 Å². The SMILES string of the molecule is O=P1(c2ccccc2)c2ccccc2C2(c3ccccc3Sc3cc(-c4cc(-c5ccccn5)nc(-c5ccccn5)c4)ccc32)c2cc3c(cc21)oc1ccccc13. The molecule has 0 aliphatic carbocycles. The monoisotopic (exact) mass is 793 g/mol. The van der Waals surface area contributed by atoms with Crippen LogP contribution in [0.3, 0.4) is 0 Å². The van der Waals surface area contributed by atoms with E-state index in [0.29, 0.717) is 0 Å². The molecule has 278 valence electrons. The lowest BCUT2D eigenvalue weighted by Crippen LogP contribution is -2.48. The van der Waals surface area contributed by atoms with Crippen molar-refractivity contribution < 1.29 is 8.98 Å². The Balaban J connectivity index is 1.17. The second-order valence-electron chi connectivity index (χ2n) is 15.0. The average molecular weight is 794 g/mol. The van der Waals surface area contributed by atoms with E-state index in [1.165, 1.54) is 5.56 Å². The van der Waals surface area contributed by atoms with E-state index in [4.69, 9.17) is 9.40 Å². The molecule has 5 nitrogen and oxygen atoms in total. The Bertz CT molecular complexity index is 3290. The van der Waals surface area contributed by atoms with Crippen molar-refractivity contribution >= 4 is 56.8 Å². The number of hydrogen-bond acceptors (Lipinski definition) is 6. The fourth-order valence-corrected chi connectivity index (χ4v) is 13.8. The molecule has 2 atom stereocenters. The lowest BCUT2D eigenvalue weighted by molar-refractivity contribution is 0.589. The molecule has 0 saturated heterocycles. The predicted octanol–water partition coefficient (Wildman–Crippen LogP) is 11.6. The number of furan rings is 1. The minimum atomic E-state index is -3.42. The Morgan fingerprint density at radius 1 is 0.458 bits per heavy atom. The largest absolute Gasteiger partial charge is 0.456 e. The van der Waals surface area contributed by atoms with Crippen LogP contribution in [0.5, 0.6) is 0 Å². The molecule has 0 saturated carbocycles. The zero-order chi connectivity index (χ0) is 39.1. The van der Waals surface area contributed by atoms with Gasteiger partial charge in [-0.05, 0) is 100 Å². The Kier molecular flexibility index (Phi) is 7.59. The van der Waals surface area contributed by atoms with E-state index < -0.39 is 12.6 Å². The molecule has 2 aliphatic heterocycles. The minimum Gasteiger partial charge on any atom is -0.456 e. The smallest absolute Gasteiger partial charge is 0.171 e. The first kappa shape index (κ1) is 34.2. The molecule has 0 radical (unpaired) electrons. The summed E-state index contributed by atoms with van der Waals surface area (Å²) in [5, 5.41) is 4.50. The second-order valence-corrected chi connectivity index (χ2v) is 18.8. The third kappa shape index (κ3) is 5.00. The minimum absolute atomic E-state index is 0.731. The highest BCUT2D eigenvalue weighted by atomic mass is 32.2. The van der Waals surface area contributed by atoms with Crippen molar-refractivity contribution in [1.29, 1.82) is 0 Å². The molecule has 10 aromatic rings. The zero-order valence-corrected chi connectivity index (χ0v) is 33.2. The maximum Gasteiger partial charge on any atom is 0.171 e. The van der Waals surface area contributed by atoms with Crippen molar-refractivity contribution in [3.05, 3.63) is 217 Å². The van der Waals surface area contributed by atoms with E-state index >= 15 is 4.57 Å². The van der Waals surface area contributed by atoms with E-state index in [9.17, 15) is 0 Å². The summed E-state index contributed by atoms with van der Waals surface area (Å²) < 4.78 is 23.0. The summed E-state index contributed by atoms with van der Waals surface area (Å²) in [6, 6.07) is 62.6. The third-order valence-corrected chi connectivity index (χ3v) is 16.2. The molecule has 0 fully saturated rings. The number of para-hydroxylation sites is 1. The zero-order valence-electron chi connectivity index (χ0n) is 31.5. The Morgan fingerprint density at radius 3 is 1.88 bits per heavy atom. The standard InChI is InChI=1S/C52H32N3O2PS/c56-58(35-14-2-1-3-15-35)48-22-8-5-17-38(48)52(41-31-37-36-16-4-7-21-46(36)57-47(37)32-49(41)58)39-18-6-9-23-50(39)59-51-30-33(24-25-40(51)52)34-28-44(42-19-10-12-26-53-42)55-45(29-34)43-20-11-13-27-54-43/h1-32H. The number of pyridine rings is 3. The molecule has 0 amide bonds. The predicted molar refractivity (Wildman–Crippen MR) is 239 cm³/mol. The Morgan fingerprint density at radius 2 is 1.12 bits per heavy atom. The van der Waals surface area contributed by atoms with E-state index in [1.54, 1.807) is 24.2 Å². The summed E-state index contributed by atoms with van der Waals surface area (Å²) in [5.74, 6) is 0. The summed E-state index contributed by atoms with van der Waals surface area (Å²) in [6.45, 7) is 0. The van der Waals surface area contributed by atoms with Crippen LogP contribution in [0.4, 0.5) is 0 Å².